The molecule has 0 unspecified atom stereocenters. The molecule has 11 heteroatoms. The van der Waals surface area contributed by atoms with Crippen LogP contribution in [0.15, 0.2) is 70.9 Å². The van der Waals surface area contributed by atoms with Gasteiger partial charge in [-0.25, -0.2) is 13.2 Å². The first kappa shape index (κ1) is 29.1. The Bertz CT molecular complexity index is 1450. The minimum Gasteiger partial charge on any atom is -0.480 e. The van der Waals surface area contributed by atoms with Gasteiger partial charge in [0, 0.05) is 21.9 Å². The summed E-state index contributed by atoms with van der Waals surface area (Å²) in [5.74, 6) is -1.25. The molecular formula is C28H31ClN2O6S2. The van der Waals surface area contributed by atoms with E-state index in [0.29, 0.717) is 17.9 Å². The quantitative estimate of drug-likeness (QED) is 0.256. The molecule has 0 aliphatic heterocycles. The SMILES string of the molecule is CC(C)(C)OC(=O)NCCC[C@@]1(c2ccccc2)C[C@]1(NS(=O)(=O)c1ccc(-c2ccc(Cl)cc2)s1)C(=O)O. The zero-order valence-corrected chi connectivity index (χ0v) is 24.3. The van der Waals surface area contributed by atoms with Crippen molar-refractivity contribution in [3.8, 4) is 10.4 Å². The highest BCUT2D eigenvalue weighted by molar-refractivity contribution is 7.91. The first-order valence-electron chi connectivity index (χ1n) is 12.4. The number of thiophene rings is 1. The minimum absolute atomic E-state index is 0.0218. The highest BCUT2D eigenvalue weighted by Crippen LogP contribution is 2.61. The molecule has 1 fully saturated rings. The van der Waals surface area contributed by atoms with Crippen molar-refractivity contribution in [2.75, 3.05) is 6.54 Å². The van der Waals surface area contributed by atoms with E-state index >= 15 is 0 Å². The summed E-state index contributed by atoms with van der Waals surface area (Å²) in [7, 11) is -4.17. The zero-order chi connectivity index (χ0) is 28.5. The van der Waals surface area contributed by atoms with E-state index in [-0.39, 0.29) is 17.2 Å². The number of nitrogens with one attached hydrogen (secondary N) is 2. The van der Waals surface area contributed by atoms with Crippen LogP contribution < -0.4 is 10.0 Å². The Morgan fingerprint density at radius 1 is 1.05 bits per heavy atom. The van der Waals surface area contributed by atoms with Gasteiger partial charge in [0.15, 0.2) is 0 Å². The number of hydrogen-bond acceptors (Lipinski definition) is 6. The summed E-state index contributed by atoms with van der Waals surface area (Å²) in [4.78, 5) is 25.5. The Kier molecular flexibility index (Phi) is 8.14. The summed E-state index contributed by atoms with van der Waals surface area (Å²) in [5, 5.41) is 13.6. The molecule has 3 aromatic rings. The molecule has 1 heterocycles. The van der Waals surface area contributed by atoms with Gasteiger partial charge in [0.1, 0.15) is 15.3 Å². The standard InChI is InChI=1S/C28H31ClN2O6S2/c1-26(2,3)37-25(34)30-17-7-16-27(20-8-5-4-6-9-20)18-28(27,24(32)33)31-39(35,36)23-15-14-22(38-23)19-10-12-21(29)13-11-19/h4-6,8-15,31H,7,16-18H2,1-3H3,(H,30,34)(H,32,33)/t27-,28-/m0/s1. The van der Waals surface area contributed by atoms with Gasteiger partial charge in [-0.3, -0.25) is 4.79 Å². The third-order valence-electron chi connectivity index (χ3n) is 6.68. The Morgan fingerprint density at radius 3 is 2.33 bits per heavy atom. The fraction of sp³-hybridized carbons (Fsp3) is 0.357. The van der Waals surface area contributed by atoms with Crippen molar-refractivity contribution in [2.45, 2.75) is 60.8 Å². The maximum absolute atomic E-state index is 13.5. The predicted molar refractivity (Wildman–Crippen MR) is 152 cm³/mol. The van der Waals surface area contributed by atoms with Crippen LogP contribution in [0.25, 0.3) is 10.4 Å². The highest BCUT2D eigenvalue weighted by Gasteiger charge is 2.74. The summed E-state index contributed by atoms with van der Waals surface area (Å²) < 4.78 is 34.8. The molecule has 1 saturated carbocycles. The molecule has 2 aromatic carbocycles. The fourth-order valence-corrected chi connectivity index (χ4v) is 7.69. The van der Waals surface area contributed by atoms with E-state index in [1.807, 2.05) is 18.2 Å². The van der Waals surface area contributed by atoms with E-state index in [2.05, 4.69) is 10.0 Å². The van der Waals surface area contributed by atoms with Crippen LogP contribution in [0, 0.1) is 0 Å². The average Bonchev–Trinajstić information content (AvgIpc) is 3.23. The van der Waals surface area contributed by atoms with Gasteiger partial charge in [-0.2, -0.15) is 4.72 Å². The fourth-order valence-electron chi connectivity index (χ4n) is 4.83. The zero-order valence-electron chi connectivity index (χ0n) is 21.9. The number of ether oxygens (including phenoxy) is 1. The molecule has 0 bridgehead atoms. The molecule has 39 heavy (non-hydrogen) atoms. The van der Waals surface area contributed by atoms with Gasteiger partial charge in [0.2, 0.25) is 0 Å². The van der Waals surface area contributed by atoms with E-state index in [4.69, 9.17) is 16.3 Å². The van der Waals surface area contributed by atoms with Gasteiger partial charge < -0.3 is 15.2 Å². The van der Waals surface area contributed by atoms with Crippen LogP contribution in [0.5, 0.6) is 0 Å². The molecule has 1 aliphatic rings. The van der Waals surface area contributed by atoms with Crippen molar-refractivity contribution in [2.24, 2.45) is 0 Å². The lowest BCUT2D eigenvalue weighted by Gasteiger charge is -2.25. The Balaban J connectivity index is 1.56. The van der Waals surface area contributed by atoms with Crippen LogP contribution in [-0.4, -0.2) is 43.3 Å². The molecular weight excluding hydrogens is 560 g/mol. The Labute approximate surface area is 237 Å². The van der Waals surface area contributed by atoms with Gasteiger partial charge >= 0.3 is 12.1 Å². The molecule has 0 spiro atoms. The van der Waals surface area contributed by atoms with Crippen molar-refractivity contribution in [3.63, 3.8) is 0 Å². The second-order valence-corrected chi connectivity index (χ2v) is 14.0. The number of amides is 1. The van der Waals surface area contributed by atoms with E-state index in [9.17, 15) is 23.1 Å². The maximum Gasteiger partial charge on any atom is 0.407 e. The lowest BCUT2D eigenvalue weighted by atomic mass is 9.86. The normalized spacial score (nSPS) is 20.8. The molecule has 208 valence electrons. The number of carbonyl (C=O) groups is 2. The molecule has 1 aromatic heterocycles. The smallest absolute Gasteiger partial charge is 0.407 e. The summed E-state index contributed by atoms with van der Waals surface area (Å²) in [6.07, 6.45) is 0.277. The number of benzene rings is 2. The maximum atomic E-state index is 13.5. The van der Waals surface area contributed by atoms with E-state index < -0.39 is 38.6 Å². The van der Waals surface area contributed by atoms with Crippen LogP contribution in [-0.2, 0) is 25.0 Å². The van der Waals surface area contributed by atoms with E-state index in [1.165, 1.54) is 6.07 Å². The van der Waals surface area contributed by atoms with Crippen molar-refractivity contribution in [3.05, 3.63) is 77.3 Å². The number of carboxylic acids is 1. The number of hydrogen-bond donors (Lipinski definition) is 3. The summed E-state index contributed by atoms with van der Waals surface area (Å²) in [6.45, 7) is 5.54. The van der Waals surface area contributed by atoms with Gasteiger partial charge in [-0.05, 0) is 75.4 Å². The first-order valence-corrected chi connectivity index (χ1v) is 15.1. The van der Waals surface area contributed by atoms with Crippen molar-refractivity contribution < 1.29 is 27.9 Å². The van der Waals surface area contributed by atoms with E-state index in [1.54, 1.807) is 63.2 Å². The van der Waals surface area contributed by atoms with E-state index in [0.717, 1.165) is 27.3 Å². The van der Waals surface area contributed by atoms with Gasteiger partial charge in [0.05, 0.1) is 0 Å². The number of carbonyl (C=O) groups excluding carboxylic acids is 1. The second-order valence-electron chi connectivity index (χ2n) is 10.6. The molecule has 3 N–H and O–H groups in total. The molecule has 1 aliphatic carbocycles. The molecule has 2 atom stereocenters. The lowest BCUT2D eigenvalue weighted by Crippen LogP contribution is -2.48. The van der Waals surface area contributed by atoms with Gasteiger partial charge in [-0.15, -0.1) is 11.3 Å². The lowest BCUT2D eigenvalue weighted by molar-refractivity contribution is -0.140. The molecule has 0 saturated heterocycles. The largest absolute Gasteiger partial charge is 0.480 e. The monoisotopic (exact) mass is 590 g/mol. The summed E-state index contributed by atoms with van der Waals surface area (Å²) in [6, 6.07) is 19.2. The predicted octanol–water partition coefficient (Wildman–Crippen LogP) is 5.82. The first-order chi connectivity index (χ1) is 18.3. The molecule has 0 radical (unpaired) electrons. The minimum atomic E-state index is -4.17. The van der Waals surface area contributed by atoms with Gasteiger partial charge in [0.25, 0.3) is 10.0 Å². The number of carboxylic acid groups (broad SMARTS) is 1. The number of aliphatic carboxylic acids is 1. The van der Waals surface area contributed by atoms with Crippen LogP contribution in [0.1, 0.15) is 45.6 Å². The average molecular weight is 591 g/mol. The number of halogens is 1. The molecule has 1 amide bonds. The second kappa shape index (κ2) is 10.9. The molecule has 8 nitrogen and oxygen atoms in total. The van der Waals surface area contributed by atoms with Crippen LogP contribution in [0.2, 0.25) is 5.02 Å². The Hall–Kier alpha value is -2.92. The highest BCUT2D eigenvalue weighted by atomic mass is 35.5. The van der Waals surface area contributed by atoms with Crippen LogP contribution in [0.4, 0.5) is 4.79 Å². The molecule has 4 rings (SSSR count). The summed E-state index contributed by atoms with van der Waals surface area (Å²) in [5.41, 5.74) is -1.83. The van der Waals surface area contributed by atoms with Crippen LogP contribution >= 0.6 is 22.9 Å². The number of sulfonamides is 1. The van der Waals surface area contributed by atoms with Gasteiger partial charge in [-0.1, -0.05) is 54.1 Å². The topological polar surface area (TPSA) is 122 Å². The van der Waals surface area contributed by atoms with Crippen LogP contribution in [0.3, 0.4) is 0 Å². The summed E-state index contributed by atoms with van der Waals surface area (Å²) >= 11 is 7.02. The third-order valence-corrected chi connectivity index (χ3v) is 10.1. The Morgan fingerprint density at radius 2 is 1.72 bits per heavy atom. The third kappa shape index (κ3) is 6.30. The number of rotatable bonds is 10. The number of alkyl carbamates (subject to hydrolysis) is 1. The van der Waals surface area contributed by atoms with Crippen molar-refractivity contribution >= 4 is 45.0 Å². The van der Waals surface area contributed by atoms with Crippen molar-refractivity contribution in [1.29, 1.82) is 0 Å². The van der Waals surface area contributed by atoms with Crippen molar-refractivity contribution in [1.82, 2.24) is 10.0 Å².